The van der Waals surface area contributed by atoms with Gasteiger partial charge in [0.05, 0.1) is 5.60 Å². The van der Waals surface area contributed by atoms with E-state index in [0.29, 0.717) is 11.7 Å². The molecule has 0 spiro atoms. The van der Waals surface area contributed by atoms with E-state index < -0.39 is 5.91 Å². The number of ether oxygens (including phenoxy) is 1. The fourth-order valence-electron chi connectivity index (χ4n) is 2.78. The van der Waals surface area contributed by atoms with Gasteiger partial charge in [0.15, 0.2) is 0 Å². The van der Waals surface area contributed by atoms with Crippen LogP contribution in [0, 0.1) is 0 Å². The number of anilines is 1. The molecule has 5 heteroatoms. The molecule has 1 aromatic heterocycles. The van der Waals surface area contributed by atoms with E-state index in [-0.39, 0.29) is 5.60 Å². The summed E-state index contributed by atoms with van der Waals surface area (Å²) >= 11 is 0. The maximum absolute atomic E-state index is 11.2. The highest BCUT2D eigenvalue weighted by Gasteiger charge is 2.34. The third kappa shape index (κ3) is 3.28. The van der Waals surface area contributed by atoms with Crippen molar-refractivity contribution in [1.29, 1.82) is 0 Å². The molecule has 1 unspecified atom stereocenters. The van der Waals surface area contributed by atoms with Crippen LogP contribution in [0.2, 0.25) is 0 Å². The van der Waals surface area contributed by atoms with Crippen LogP contribution in [-0.4, -0.2) is 29.1 Å². The van der Waals surface area contributed by atoms with E-state index >= 15 is 0 Å². The molecule has 5 nitrogen and oxygen atoms in total. The predicted octanol–water partition coefficient (Wildman–Crippen LogP) is 2.33. The average molecular weight is 277 g/mol. The van der Waals surface area contributed by atoms with E-state index in [1.54, 1.807) is 12.3 Å². The topological polar surface area (TPSA) is 77.2 Å². The Hall–Kier alpha value is -1.62. The van der Waals surface area contributed by atoms with Gasteiger partial charge in [0.2, 0.25) is 0 Å². The minimum absolute atomic E-state index is 0.0184. The minimum atomic E-state index is -0.503. The molecule has 1 amide bonds. The monoisotopic (exact) mass is 277 g/mol. The van der Waals surface area contributed by atoms with Crippen LogP contribution in [-0.2, 0) is 4.74 Å². The molecule has 0 aliphatic carbocycles. The van der Waals surface area contributed by atoms with Crippen LogP contribution in [0.15, 0.2) is 18.3 Å². The van der Waals surface area contributed by atoms with Crippen molar-refractivity contribution >= 4 is 11.6 Å². The van der Waals surface area contributed by atoms with Crippen LogP contribution in [0.5, 0.6) is 0 Å². The van der Waals surface area contributed by atoms with E-state index in [9.17, 15) is 4.79 Å². The third-order valence-corrected chi connectivity index (χ3v) is 4.16. The van der Waals surface area contributed by atoms with Crippen molar-refractivity contribution in [3.8, 4) is 0 Å². The number of rotatable bonds is 5. The van der Waals surface area contributed by atoms with Crippen molar-refractivity contribution in [2.45, 2.75) is 51.2 Å². The number of carbonyl (C=O) groups is 1. The van der Waals surface area contributed by atoms with E-state index in [0.717, 1.165) is 38.0 Å². The van der Waals surface area contributed by atoms with Gasteiger partial charge in [-0.15, -0.1) is 0 Å². The molecule has 1 atom stereocenters. The van der Waals surface area contributed by atoms with Gasteiger partial charge in [-0.1, -0.05) is 13.8 Å². The first-order chi connectivity index (χ1) is 9.58. The zero-order valence-electron chi connectivity index (χ0n) is 12.2. The second-order valence-electron chi connectivity index (χ2n) is 5.37. The normalized spacial score (nSPS) is 21.4. The Labute approximate surface area is 119 Å². The van der Waals surface area contributed by atoms with Crippen molar-refractivity contribution in [3.63, 3.8) is 0 Å². The van der Waals surface area contributed by atoms with E-state index in [2.05, 4.69) is 24.1 Å². The fraction of sp³-hybridized carbons (Fsp3) is 0.600. The molecule has 110 valence electrons. The molecule has 1 aliphatic rings. The second kappa shape index (κ2) is 6.22. The average Bonchev–Trinajstić information content (AvgIpc) is 2.47. The van der Waals surface area contributed by atoms with Crippen LogP contribution >= 0.6 is 0 Å². The van der Waals surface area contributed by atoms with Gasteiger partial charge >= 0.3 is 0 Å². The Kier molecular flexibility index (Phi) is 4.60. The Balaban J connectivity index is 2.06. The third-order valence-electron chi connectivity index (χ3n) is 4.16. The molecule has 2 heterocycles. The molecule has 1 saturated heterocycles. The molecular formula is C15H23N3O2. The number of hydrogen-bond acceptors (Lipinski definition) is 4. The fourth-order valence-corrected chi connectivity index (χ4v) is 2.78. The lowest BCUT2D eigenvalue weighted by Crippen LogP contribution is -2.43. The predicted molar refractivity (Wildman–Crippen MR) is 78.7 cm³/mol. The number of hydrogen-bond donors (Lipinski definition) is 2. The number of nitrogens with one attached hydrogen (secondary N) is 1. The van der Waals surface area contributed by atoms with Gasteiger partial charge in [-0.3, -0.25) is 9.78 Å². The quantitative estimate of drug-likeness (QED) is 0.866. The lowest BCUT2D eigenvalue weighted by Gasteiger charge is -2.40. The summed E-state index contributed by atoms with van der Waals surface area (Å²) in [7, 11) is 0. The number of nitrogens with two attached hydrogens (primary N) is 1. The number of nitrogens with zero attached hydrogens (tertiary/aromatic N) is 1. The van der Waals surface area contributed by atoms with Crippen LogP contribution < -0.4 is 11.1 Å². The molecule has 1 aliphatic heterocycles. The van der Waals surface area contributed by atoms with Crippen LogP contribution in [0.3, 0.4) is 0 Å². The van der Waals surface area contributed by atoms with Crippen LogP contribution in [0.25, 0.3) is 0 Å². The van der Waals surface area contributed by atoms with Crippen molar-refractivity contribution in [2.24, 2.45) is 5.73 Å². The van der Waals surface area contributed by atoms with Gasteiger partial charge in [0, 0.05) is 24.5 Å². The van der Waals surface area contributed by atoms with Crippen molar-refractivity contribution in [3.05, 3.63) is 24.0 Å². The lowest BCUT2D eigenvalue weighted by atomic mass is 9.86. The summed E-state index contributed by atoms with van der Waals surface area (Å²) in [5, 5.41) is 3.47. The van der Waals surface area contributed by atoms with Gasteiger partial charge in [-0.05, 0) is 37.8 Å². The molecule has 0 radical (unpaired) electrons. The molecule has 0 saturated carbocycles. The number of primary amides is 1. The number of pyridine rings is 1. The molecule has 0 bridgehead atoms. The summed E-state index contributed by atoms with van der Waals surface area (Å²) < 4.78 is 5.97. The Bertz CT molecular complexity index is 472. The Morgan fingerprint density at radius 3 is 2.95 bits per heavy atom. The van der Waals surface area contributed by atoms with Gasteiger partial charge in [0.1, 0.15) is 5.69 Å². The molecular weight excluding hydrogens is 254 g/mol. The Morgan fingerprint density at radius 1 is 1.55 bits per heavy atom. The summed E-state index contributed by atoms with van der Waals surface area (Å²) in [6.07, 6.45) is 5.59. The molecule has 1 aromatic rings. The molecule has 3 N–H and O–H groups in total. The Morgan fingerprint density at radius 2 is 2.30 bits per heavy atom. The number of carbonyl (C=O) groups excluding carboxylic acids is 1. The highest BCUT2D eigenvalue weighted by Crippen LogP contribution is 2.32. The van der Waals surface area contributed by atoms with Gasteiger partial charge in [-0.25, -0.2) is 0 Å². The van der Waals surface area contributed by atoms with E-state index in [4.69, 9.17) is 10.5 Å². The lowest BCUT2D eigenvalue weighted by molar-refractivity contribution is -0.0864. The first-order valence-corrected chi connectivity index (χ1v) is 7.25. The number of amides is 1. The van der Waals surface area contributed by atoms with Crippen LogP contribution in [0.4, 0.5) is 5.69 Å². The van der Waals surface area contributed by atoms with Gasteiger partial charge < -0.3 is 15.8 Å². The van der Waals surface area contributed by atoms with Crippen molar-refractivity contribution < 1.29 is 9.53 Å². The van der Waals surface area contributed by atoms with Crippen molar-refractivity contribution in [1.82, 2.24) is 4.98 Å². The molecule has 20 heavy (non-hydrogen) atoms. The summed E-state index contributed by atoms with van der Waals surface area (Å²) in [6.45, 7) is 5.11. The SMILES string of the molecule is CCC1(CC)CC(Nc2ccnc(C(N)=O)c2)CCO1. The maximum atomic E-state index is 11.2. The molecule has 1 fully saturated rings. The van der Waals surface area contributed by atoms with E-state index in [1.165, 1.54) is 0 Å². The smallest absolute Gasteiger partial charge is 0.267 e. The summed E-state index contributed by atoms with van der Waals surface area (Å²) in [5.74, 6) is -0.503. The number of aromatic nitrogens is 1. The second-order valence-corrected chi connectivity index (χ2v) is 5.37. The largest absolute Gasteiger partial charge is 0.382 e. The summed E-state index contributed by atoms with van der Waals surface area (Å²) in [6, 6.07) is 3.92. The highest BCUT2D eigenvalue weighted by atomic mass is 16.5. The van der Waals surface area contributed by atoms with Crippen LogP contribution in [0.1, 0.15) is 50.0 Å². The first-order valence-electron chi connectivity index (χ1n) is 7.25. The zero-order chi connectivity index (χ0) is 14.6. The maximum Gasteiger partial charge on any atom is 0.267 e. The van der Waals surface area contributed by atoms with E-state index in [1.807, 2.05) is 6.07 Å². The van der Waals surface area contributed by atoms with Crippen molar-refractivity contribution in [2.75, 3.05) is 11.9 Å². The zero-order valence-corrected chi connectivity index (χ0v) is 12.2. The molecule has 2 rings (SSSR count). The highest BCUT2D eigenvalue weighted by molar-refractivity contribution is 5.91. The minimum Gasteiger partial charge on any atom is -0.382 e. The standard InChI is InChI=1S/C15H23N3O2/c1-3-15(4-2)10-12(6-8-20-15)18-11-5-7-17-13(9-11)14(16)19/h5,7,9,12H,3-4,6,8,10H2,1-2H3,(H2,16,19)(H,17,18). The summed E-state index contributed by atoms with van der Waals surface area (Å²) in [5.41, 5.74) is 6.42. The van der Waals surface area contributed by atoms with Gasteiger partial charge in [-0.2, -0.15) is 0 Å². The first kappa shape index (κ1) is 14.8. The summed E-state index contributed by atoms with van der Waals surface area (Å²) in [4.78, 5) is 15.1. The molecule has 0 aromatic carbocycles. The van der Waals surface area contributed by atoms with Gasteiger partial charge in [0.25, 0.3) is 5.91 Å².